The smallest absolute Gasteiger partial charge is 0.222 e. The lowest BCUT2D eigenvalue weighted by Gasteiger charge is -2.24. The largest absolute Gasteiger partial charge is 0.354 e. The molecular weight excluding hydrogens is 348 g/mol. The van der Waals surface area contributed by atoms with Gasteiger partial charge in [-0.3, -0.25) is 0 Å². The highest BCUT2D eigenvalue weighted by Crippen LogP contribution is 2.27. The summed E-state index contributed by atoms with van der Waals surface area (Å²) >= 11 is 0. The molecule has 6 nitrogen and oxygen atoms in total. The number of aromatic nitrogens is 2. The van der Waals surface area contributed by atoms with Gasteiger partial charge in [0.2, 0.25) is 5.95 Å². The first-order valence-corrected chi connectivity index (χ1v) is 11.0. The summed E-state index contributed by atoms with van der Waals surface area (Å²) in [6.07, 6.45) is 6.58. The number of anilines is 1. The van der Waals surface area contributed by atoms with Crippen LogP contribution >= 0.6 is 0 Å². The second-order valence-corrected chi connectivity index (χ2v) is 8.76. The maximum Gasteiger partial charge on any atom is 0.222 e. The summed E-state index contributed by atoms with van der Waals surface area (Å²) in [5.74, 6) is 0.618. The fourth-order valence-electron chi connectivity index (χ4n) is 3.27. The summed E-state index contributed by atoms with van der Waals surface area (Å²) in [5, 5.41) is 6.56. The molecule has 2 heterocycles. The Hall–Kier alpha value is -1.99. The van der Waals surface area contributed by atoms with Crippen molar-refractivity contribution in [2.75, 3.05) is 31.2 Å². The van der Waals surface area contributed by atoms with Gasteiger partial charge in [-0.2, -0.15) is 0 Å². The van der Waals surface area contributed by atoms with Gasteiger partial charge in [0.05, 0.1) is 11.9 Å². The molecule has 2 aromatic rings. The Morgan fingerprint density at radius 3 is 2.77 bits per heavy atom. The molecule has 0 spiro atoms. The number of nitrogens with zero attached hydrogens (tertiary/aromatic N) is 2. The quantitative estimate of drug-likeness (QED) is 0.724. The van der Waals surface area contributed by atoms with Gasteiger partial charge in [0.1, 0.15) is 4.90 Å². The molecule has 1 atom stereocenters. The van der Waals surface area contributed by atoms with E-state index in [1.165, 1.54) is 18.0 Å². The van der Waals surface area contributed by atoms with Crippen LogP contribution in [0, 0.1) is 0 Å². The molecule has 0 unspecified atom stereocenters. The predicted octanol–water partition coefficient (Wildman–Crippen LogP) is 2.39. The third-order valence-electron chi connectivity index (χ3n) is 4.63. The number of piperidine rings is 1. The van der Waals surface area contributed by atoms with Crippen molar-refractivity contribution in [2.24, 2.45) is 0 Å². The van der Waals surface area contributed by atoms with Crippen molar-refractivity contribution in [3.63, 3.8) is 0 Å². The summed E-state index contributed by atoms with van der Waals surface area (Å²) < 4.78 is 24.2. The van der Waals surface area contributed by atoms with Crippen molar-refractivity contribution < 1.29 is 8.42 Å². The van der Waals surface area contributed by atoms with Crippen LogP contribution in [0.25, 0.3) is 0 Å². The number of hydrogen-bond donors (Lipinski definition) is 2. The average Bonchev–Trinajstić information content (AvgIpc) is 2.66. The first-order chi connectivity index (χ1) is 12.5. The number of benzene rings is 1. The first-order valence-electron chi connectivity index (χ1n) is 9.09. The van der Waals surface area contributed by atoms with Crippen LogP contribution in [-0.4, -0.2) is 44.3 Å². The molecule has 3 rings (SSSR count). The third kappa shape index (κ3) is 5.02. The van der Waals surface area contributed by atoms with Crippen LogP contribution in [0.15, 0.2) is 41.4 Å². The van der Waals surface area contributed by atoms with Gasteiger partial charge in [0.15, 0.2) is 9.84 Å². The Bertz CT molecular complexity index is 819. The summed E-state index contributed by atoms with van der Waals surface area (Å²) in [7, 11) is -3.34. The SMILES string of the molecule is CS(=O)(=O)c1cnc(NCCCc2ccccc2)nc1[C@@H]1CCCNC1. The second-order valence-electron chi connectivity index (χ2n) is 6.77. The lowest BCUT2D eigenvalue weighted by atomic mass is 9.96. The van der Waals surface area contributed by atoms with Crippen LogP contribution < -0.4 is 10.6 Å². The van der Waals surface area contributed by atoms with E-state index in [4.69, 9.17) is 0 Å². The average molecular weight is 375 g/mol. The van der Waals surface area contributed by atoms with E-state index in [0.717, 1.165) is 45.3 Å². The van der Waals surface area contributed by atoms with E-state index < -0.39 is 9.84 Å². The Morgan fingerprint density at radius 2 is 2.08 bits per heavy atom. The molecule has 1 aliphatic heterocycles. The Balaban J connectivity index is 1.67. The van der Waals surface area contributed by atoms with Crippen molar-refractivity contribution >= 4 is 15.8 Å². The molecule has 1 aromatic heterocycles. The van der Waals surface area contributed by atoms with Gasteiger partial charge in [-0.25, -0.2) is 18.4 Å². The molecule has 0 bridgehead atoms. The standard InChI is InChI=1S/C19H26N4O2S/c1-26(24,25)17-14-22-19(23-18(17)16-10-6-11-20-13-16)21-12-5-9-15-7-3-2-4-8-15/h2-4,7-8,14,16,20H,5-6,9-13H2,1H3,(H,21,22,23)/t16-/m1/s1. The molecule has 0 radical (unpaired) electrons. The van der Waals surface area contributed by atoms with Gasteiger partial charge < -0.3 is 10.6 Å². The molecule has 140 valence electrons. The fraction of sp³-hybridized carbons (Fsp3) is 0.474. The molecule has 1 aliphatic rings. The van der Waals surface area contributed by atoms with Gasteiger partial charge in [0, 0.05) is 25.3 Å². The van der Waals surface area contributed by atoms with Crippen LogP contribution in [0.4, 0.5) is 5.95 Å². The van der Waals surface area contributed by atoms with E-state index in [1.807, 2.05) is 18.2 Å². The zero-order valence-electron chi connectivity index (χ0n) is 15.1. The zero-order chi connectivity index (χ0) is 18.4. The molecule has 2 N–H and O–H groups in total. The minimum Gasteiger partial charge on any atom is -0.354 e. The zero-order valence-corrected chi connectivity index (χ0v) is 15.9. The topological polar surface area (TPSA) is 84.0 Å². The van der Waals surface area contributed by atoms with E-state index in [-0.39, 0.29) is 10.8 Å². The summed E-state index contributed by atoms with van der Waals surface area (Å²) in [5.41, 5.74) is 1.94. The van der Waals surface area contributed by atoms with Gasteiger partial charge in [0.25, 0.3) is 0 Å². The van der Waals surface area contributed by atoms with Crippen LogP contribution in [0.1, 0.15) is 36.4 Å². The van der Waals surface area contributed by atoms with Gasteiger partial charge in [-0.1, -0.05) is 30.3 Å². The summed E-state index contributed by atoms with van der Waals surface area (Å²) in [4.78, 5) is 9.04. The molecule has 1 fully saturated rings. The van der Waals surface area contributed by atoms with Crippen molar-refractivity contribution in [3.05, 3.63) is 47.8 Å². The predicted molar refractivity (Wildman–Crippen MR) is 103 cm³/mol. The Morgan fingerprint density at radius 1 is 1.27 bits per heavy atom. The maximum absolute atomic E-state index is 12.1. The number of sulfone groups is 1. The van der Waals surface area contributed by atoms with Crippen molar-refractivity contribution in [2.45, 2.75) is 36.5 Å². The number of hydrogen-bond acceptors (Lipinski definition) is 6. The highest BCUT2D eigenvalue weighted by molar-refractivity contribution is 7.90. The number of aryl methyl sites for hydroxylation is 1. The van der Waals surface area contributed by atoms with Crippen LogP contribution in [0.2, 0.25) is 0 Å². The highest BCUT2D eigenvalue weighted by atomic mass is 32.2. The Labute approximate surface area is 155 Å². The Kier molecular flexibility index (Phi) is 6.21. The molecule has 0 amide bonds. The van der Waals surface area contributed by atoms with Crippen LogP contribution in [-0.2, 0) is 16.3 Å². The molecule has 1 aromatic carbocycles. The lowest BCUT2D eigenvalue weighted by Crippen LogP contribution is -2.30. The third-order valence-corrected chi connectivity index (χ3v) is 5.75. The molecule has 26 heavy (non-hydrogen) atoms. The fourth-order valence-corrected chi connectivity index (χ4v) is 4.11. The first kappa shape index (κ1) is 18.8. The maximum atomic E-state index is 12.1. The van der Waals surface area contributed by atoms with E-state index in [2.05, 4.69) is 32.7 Å². The molecular formula is C19H26N4O2S. The minimum absolute atomic E-state index is 0.112. The van der Waals surface area contributed by atoms with Crippen molar-refractivity contribution in [3.8, 4) is 0 Å². The minimum atomic E-state index is -3.34. The number of rotatable bonds is 7. The molecule has 1 saturated heterocycles. The lowest BCUT2D eigenvalue weighted by molar-refractivity contribution is 0.448. The monoisotopic (exact) mass is 374 g/mol. The number of nitrogens with one attached hydrogen (secondary N) is 2. The van der Waals surface area contributed by atoms with Gasteiger partial charge >= 0.3 is 0 Å². The van der Waals surface area contributed by atoms with Crippen LogP contribution in [0.5, 0.6) is 0 Å². The van der Waals surface area contributed by atoms with Gasteiger partial charge in [-0.15, -0.1) is 0 Å². The second kappa shape index (κ2) is 8.60. The van der Waals surface area contributed by atoms with E-state index in [9.17, 15) is 8.42 Å². The van der Waals surface area contributed by atoms with E-state index in [0.29, 0.717) is 11.6 Å². The van der Waals surface area contributed by atoms with E-state index >= 15 is 0 Å². The molecule has 0 aliphatic carbocycles. The summed E-state index contributed by atoms with van der Waals surface area (Å²) in [6, 6.07) is 10.3. The normalized spacial score (nSPS) is 17.8. The molecule has 7 heteroatoms. The van der Waals surface area contributed by atoms with Crippen molar-refractivity contribution in [1.29, 1.82) is 0 Å². The summed E-state index contributed by atoms with van der Waals surface area (Å²) in [6.45, 7) is 2.48. The van der Waals surface area contributed by atoms with E-state index in [1.54, 1.807) is 0 Å². The van der Waals surface area contributed by atoms with Crippen LogP contribution in [0.3, 0.4) is 0 Å². The highest BCUT2D eigenvalue weighted by Gasteiger charge is 2.25. The van der Waals surface area contributed by atoms with Gasteiger partial charge in [-0.05, 0) is 37.8 Å². The molecule has 0 saturated carbocycles. The van der Waals surface area contributed by atoms with Crippen molar-refractivity contribution in [1.82, 2.24) is 15.3 Å².